The summed E-state index contributed by atoms with van der Waals surface area (Å²) in [6.07, 6.45) is 0. The molecule has 0 bridgehead atoms. The number of fused-ring (bicyclic) bond motifs is 8. The van der Waals surface area contributed by atoms with E-state index in [2.05, 4.69) is 104 Å². The van der Waals surface area contributed by atoms with Crippen LogP contribution < -0.4 is 0 Å². The lowest BCUT2D eigenvalue weighted by Crippen LogP contribution is -2.14. The van der Waals surface area contributed by atoms with Crippen molar-refractivity contribution in [2.75, 3.05) is 0 Å². The van der Waals surface area contributed by atoms with E-state index in [1.165, 1.54) is 65.6 Å². The molecule has 1 aliphatic carbocycles. The van der Waals surface area contributed by atoms with Crippen LogP contribution in [0.3, 0.4) is 0 Å². The number of hydrogen-bond donors (Lipinski definition) is 1. The Morgan fingerprint density at radius 1 is 0.533 bits per heavy atom. The maximum atomic E-state index is 3.70. The molecule has 0 unspecified atom stereocenters. The predicted octanol–water partition coefficient (Wildman–Crippen LogP) is 7.93. The molecule has 0 aliphatic heterocycles. The quantitative estimate of drug-likeness (QED) is 0.274. The number of aromatic amines is 1. The van der Waals surface area contributed by atoms with Gasteiger partial charge in [-0.05, 0) is 80.2 Å². The van der Waals surface area contributed by atoms with E-state index in [0.717, 1.165) is 0 Å². The average Bonchev–Trinajstić information content (AvgIpc) is 3.21. The smallest absolute Gasteiger partial charge is 0.0471 e. The van der Waals surface area contributed by atoms with Gasteiger partial charge in [0.25, 0.3) is 0 Å². The van der Waals surface area contributed by atoms with E-state index >= 15 is 0 Å². The highest BCUT2D eigenvalue weighted by molar-refractivity contribution is 6.13. The third-order valence-corrected chi connectivity index (χ3v) is 7.13. The molecule has 6 aromatic rings. The third-order valence-electron chi connectivity index (χ3n) is 7.13. The molecule has 0 atom stereocenters. The van der Waals surface area contributed by atoms with Crippen molar-refractivity contribution in [2.24, 2.45) is 0 Å². The molecule has 0 radical (unpaired) electrons. The van der Waals surface area contributed by atoms with Crippen LogP contribution in [0.4, 0.5) is 0 Å². The van der Waals surface area contributed by atoms with Gasteiger partial charge in [-0.1, -0.05) is 62.4 Å². The van der Waals surface area contributed by atoms with E-state index in [9.17, 15) is 0 Å². The van der Waals surface area contributed by atoms with Gasteiger partial charge in [-0.3, -0.25) is 0 Å². The lowest BCUT2D eigenvalue weighted by molar-refractivity contribution is 0.662. The normalized spacial score (nSPS) is 14.6. The van der Waals surface area contributed by atoms with Crippen molar-refractivity contribution in [1.82, 2.24) is 4.98 Å². The van der Waals surface area contributed by atoms with Gasteiger partial charge in [-0.15, -0.1) is 0 Å². The molecule has 142 valence electrons. The maximum Gasteiger partial charge on any atom is 0.0471 e. The fourth-order valence-corrected chi connectivity index (χ4v) is 5.50. The van der Waals surface area contributed by atoms with Gasteiger partial charge < -0.3 is 4.98 Å². The van der Waals surface area contributed by atoms with E-state index < -0.39 is 0 Å². The summed E-state index contributed by atoms with van der Waals surface area (Å²) < 4.78 is 0. The van der Waals surface area contributed by atoms with Crippen molar-refractivity contribution in [3.63, 3.8) is 0 Å². The summed E-state index contributed by atoms with van der Waals surface area (Å²) in [5.41, 5.74) is 8.01. The minimum absolute atomic E-state index is 0.0106. The van der Waals surface area contributed by atoms with Crippen LogP contribution in [0, 0.1) is 0 Å². The molecule has 1 heterocycles. The molecule has 0 fully saturated rings. The SMILES string of the molecule is CC1(C)c2cc3ccccc3cc2-c2cc3[nH]c4cc5ccccc5cc4c3cc21. The van der Waals surface area contributed by atoms with Crippen LogP contribution in [-0.2, 0) is 5.41 Å². The highest BCUT2D eigenvalue weighted by atomic mass is 14.7. The first-order chi connectivity index (χ1) is 14.6. The molecule has 0 amide bonds. The van der Waals surface area contributed by atoms with Gasteiger partial charge in [0.15, 0.2) is 0 Å². The number of benzene rings is 5. The van der Waals surface area contributed by atoms with E-state index in [0.29, 0.717) is 0 Å². The second-order valence-corrected chi connectivity index (χ2v) is 9.18. The Morgan fingerprint density at radius 2 is 1.03 bits per heavy atom. The second kappa shape index (κ2) is 5.31. The van der Waals surface area contributed by atoms with Gasteiger partial charge in [0.2, 0.25) is 0 Å². The lowest BCUT2D eigenvalue weighted by Gasteiger charge is -2.22. The van der Waals surface area contributed by atoms with Crippen molar-refractivity contribution in [1.29, 1.82) is 0 Å². The summed E-state index contributed by atoms with van der Waals surface area (Å²) in [4.78, 5) is 3.70. The average molecular weight is 383 g/mol. The molecule has 1 aliphatic rings. The zero-order valence-corrected chi connectivity index (χ0v) is 17.1. The van der Waals surface area contributed by atoms with Crippen molar-refractivity contribution in [2.45, 2.75) is 19.3 Å². The molecule has 5 aromatic carbocycles. The van der Waals surface area contributed by atoms with Gasteiger partial charge in [0, 0.05) is 27.2 Å². The Bertz CT molecular complexity index is 1660. The molecule has 30 heavy (non-hydrogen) atoms. The second-order valence-electron chi connectivity index (χ2n) is 9.18. The fourth-order valence-electron chi connectivity index (χ4n) is 5.50. The molecule has 7 rings (SSSR count). The lowest BCUT2D eigenvalue weighted by atomic mass is 9.81. The maximum absolute atomic E-state index is 3.70. The highest BCUT2D eigenvalue weighted by Crippen LogP contribution is 2.51. The van der Waals surface area contributed by atoms with Crippen LogP contribution in [0.1, 0.15) is 25.0 Å². The van der Waals surface area contributed by atoms with E-state index in [4.69, 9.17) is 0 Å². The van der Waals surface area contributed by atoms with Crippen LogP contribution in [0.5, 0.6) is 0 Å². The zero-order chi connectivity index (χ0) is 20.0. The Labute approximate surface area is 175 Å². The van der Waals surface area contributed by atoms with Crippen LogP contribution in [0.25, 0.3) is 54.5 Å². The van der Waals surface area contributed by atoms with Crippen LogP contribution in [0.2, 0.25) is 0 Å². The summed E-state index contributed by atoms with van der Waals surface area (Å²) in [6, 6.07) is 31.5. The van der Waals surface area contributed by atoms with E-state index in [1.807, 2.05) is 0 Å². The van der Waals surface area contributed by atoms with Crippen molar-refractivity contribution in [3.05, 3.63) is 96.1 Å². The number of H-pyrrole nitrogens is 1. The van der Waals surface area contributed by atoms with Gasteiger partial charge in [-0.2, -0.15) is 0 Å². The van der Waals surface area contributed by atoms with Gasteiger partial charge in [0.05, 0.1) is 0 Å². The highest BCUT2D eigenvalue weighted by Gasteiger charge is 2.36. The Balaban J connectivity index is 1.58. The molecular formula is C29H21N. The Hall–Kier alpha value is -3.58. The predicted molar refractivity (Wildman–Crippen MR) is 128 cm³/mol. The molecule has 1 aromatic heterocycles. The largest absolute Gasteiger partial charge is 0.354 e. The van der Waals surface area contributed by atoms with Gasteiger partial charge in [-0.25, -0.2) is 0 Å². The minimum atomic E-state index is -0.0106. The molecule has 1 heteroatoms. The Morgan fingerprint density at radius 3 is 1.77 bits per heavy atom. The van der Waals surface area contributed by atoms with Crippen molar-refractivity contribution >= 4 is 43.4 Å². The standard InChI is InChI=1S/C29H21N/c1-29(2)25-13-19-9-5-3-7-17(19)11-21(25)22-16-28-24(15-26(22)29)23-12-18-8-4-6-10-20(18)14-27(23)30-28/h3-16,30H,1-2H3. The fraction of sp³-hybridized carbons (Fsp3) is 0.103. The molecule has 0 saturated carbocycles. The summed E-state index contributed by atoms with van der Waals surface area (Å²) >= 11 is 0. The van der Waals surface area contributed by atoms with Crippen LogP contribution >= 0.6 is 0 Å². The number of nitrogens with one attached hydrogen (secondary N) is 1. The first kappa shape index (κ1) is 16.2. The third kappa shape index (κ3) is 1.97. The summed E-state index contributed by atoms with van der Waals surface area (Å²) in [5.74, 6) is 0. The molecule has 0 spiro atoms. The first-order valence-electron chi connectivity index (χ1n) is 10.6. The van der Waals surface area contributed by atoms with E-state index in [1.54, 1.807) is 0 Å². The van der Waals surface area contributed by atoms with E-state index in [-0.39, 0.29) is 5.41 Å². The monoisotopic (exact) mass is 383 g/mol. The molecule has 1 nitrogen and oxygen atoms in total. The minimum Gasteiger partial charge on any atom is -0.354 e. The molecule has 1 N–H and O–H groups in total. The topological polar surface area (TPSA) is 15.8 Å². The van der Waals surface area contributed by atoms with Crippen LogP contribution in [-0.4, -0.2) is 4.98 Å². The molecule has 0 saturated heterocycles. The Kier molecular flexibility index (Phi) is 2.88. The number of hydrogen-bond acceptors (Lipinski definition) is 0. The summed E-state index contributed by atoms with van der Waals surface area (Å²) in [7, 11) is 0. The zero-order valence-electron chi connectivity index (χ0n) is 17.1. The van der Waals surface area contributed by atoms with Gasteiger partial charge >= 0.3 is 0 Å². The summed E-state index contributed by atoms with van der Waals surface area (Å²) in [6.45, 7) is 4.73. The molecular weight excluding hydrogens is 362 g/mol. The van der Waals surface area contributed by atoms with Crippen molar-refractivity contribution in [3.8, 4) is 11.1 Å². The summed E-state index contributed by atoms with van der Waals surface area (Å²) in [5, 5.41) is 7.83. The van der Waals surface area contributed by atoms with Gasteiger partial charge in [0.1, 0.15) is 0 Å². The van der Waals surface area contributed by atoms with Crippen LogP contribution in [0.15, 0.2) is 84.9 Å². The first-order valence-corrected chi connectivity index (χ1v) is 10.6. The number of aromatic nitrogens is 1. The van der Waals surface area contributed by atoms with Crippen molar-refractivity contribution < 1.29 is 0 Å². The number of rotatable bonds is 0.